The Labute approximate surface area is 264 Å². The fourth-order valence-corrected chi connectivity index (χ4v) is 6.05. The number of likely N-dealkylation sites (tertiary alicyclic amines) is 1. The highest BCUT2D eigenvalue weighted by Gasteiger charge is 2.37. The first-order chi connectivity index (χ1) is 21.8. The van der Waals surface area contributed by atoms with Crippen molar-refractivity contribution < 1.29 is 23.8 Å². The molecule has 2 aromatic rings. The zero-order chi connectivity index (χ0) is 32.3. The van der Waals surface area contributed by atoms with Crippen LogP contribution < -0.4 is 20.7 Å². The van der Waals surface area contributed by atoms with Gasteiger partial charge < -0.3 is 29.7 Å². The first-order valence-corrected chi connectivity index (χ1v) is 15.1. The molecule has 2 heterocycles. The van der Waals surface area contributed by atoms with Crippen molar-refractivity contribution in [3.8, 4) is 11.9 Å². The fraction of sp³-hybridized carbons (Fsp3) is 0.412. The van der Waals surface area contributed by atoms with E-state index in [2.05, 4.69) is 44.0 Å². The summed E-state index contributed by atoms with van der Waals surface area (Å²) < 4.78 is 15.5. The van der Waals surface area contributed by atoms with Gasteiger partial charge in [-0.15, -0.1) is 0 Å². The van der Waals surface area contributed by atoms with Crippen molar-refractivity contribution in [3.63, 3.8) is 0 Å². The van der Waals surface area contributed by atoms with Crippen LogP contribution in [0.3, 0.4) is 0 Å². The Kier molecular flexibility index (Phi) is 11.6. The van der Waals surface area contributed by atoms with Gasteiger partial charge in [-0.1, -0.05) is 24.3 Å². The average Bonchev–Trinajstić information content (AvgIpc) is 3.06. The van der Waals surface area contributed by atoms with Gasteiger partial charge in [-0.2, -0.15) is 5.26 Å². The molecule has 0 atom stereocenters. The molecule has 1 fully saturated rings. The molecule has 0 bridgehead atoms. The number of aliphatic imine (C=N–C) groups is 1. The van der Waals surface area contributed by atoms with Gasteiger partial charge in [0.1, 0.15) is 5.75 Å². The lowest BCUT2D eigenvalue weighted by Gasteiger charge is -2.32. The van der Waals surface area contributed by atoms with Crippen LogP contribution in [0.4, 0.5) is 5.69 Å². The number of guanidine groups is 1. The van der Waals surface area contributed by atoms with Crippen molar-refractivity contribution in [1.82, 2.24) is 15.5 Å². The van der Waals surface area contributed by atoms with Crippen molar-refractivity contribution in [1.29, 1.82) is 5.26 Å². The Morgan fingerprint density at radius 2 is 1.62 bits per heavy atom. The Bertz CT molecular complexity index is 1480. The van der Waals surface area contributed by atoms with Crippen molar-refractivity contribution in [2.24, 2.45) is 4.99 Å². The quantitative estimate of drug-likeness (QED) is 0.0883. The lowest BCUT2D eigenvalue weighted by atomic mass is 9.80. The van der Waals surface area contributed by atoms with Gasteiger partial charge in [-0.05, 0) is 94.1 Å². The molecule has 2 aliphatic rings. The molecule has 45 heavy (non-hydrogen) atoms. The van der Waals surface area contributed by atoms with E-state index in [-0.39, 0.29) is 0 Å². The third-order valence-corrected chi connectivity index (χ3v) is 8.28. The predicted molar refractivity (Wildman–Crippen MR) is 172 cm³/mol. The molecule has 2 aromatic carbocycles. The summed E-state index contributed by atoms with van der Waals surface area (Å²) in [6, 6.07) is 15.7. The van der Waals surface area contributed by atoms with Gasteiger partial charge in [0, 0.05) is 23.6 Å². The number of allylic oxidation sites excluding steroid dienone is 2. The molecule has 0 aliphatic carbocycles. The summed E-state index contributed by atoms with van der Waals surface area (Å²) >= 11 is 0. The minimum atomic E-state index is -0.717. The van der Waals surface area contributed by atoms with Crippen LogP contribution >= 0.6 is 0 Å². The Balaban J connectivity index is 1.41. The zero-order valence-corrected chi connectivity index (χ0v) is 26.6. The Morgan fingerprint density at radius 1 is 0.978 bits per heavy atom. The molecule has 238 valence electrons. The average molecular weight is 615 g/mol. The number of hydrogen-bond acceptors (Lipinski definition) is 9. The number of esters is 2. The normalized spacial score (nSPS) is 16.5. The minimum Gasteiger partial charge on any atom is -0.497 e. The Morgan fingerprint density at radius 3 is 2.24 bits per heavy atom. The largest absolute Gasteiger partial charge is 0.497 e. The van der Waals surface area contributed by atoms with Crippen LogP contribution in [0.25, 0.3) is 0 Å². The fourth-order valence-electron chi connectivity index (χ4n) is 6.05. The van der Waals surface area contributed by atoms with E-state index in [9.17, 15) is 14.9 Å². The van der Waals surface area contributed by atoms with E-state index in [1.807, 2.05) is 36.5 Å². The number of ether oxygens (including phenoxy) is 3. The molecule has 3 N–H and O–H groups in total. The van der Waals surface area contributed by atoms with Gasteiger partial charge >= 0.3 is 11.9 Å². The summed E-state index contributed by atoms with van der Waals surface area (Å²) in [5.41, 5.74) is 4.46. The maximum Gasteiger partial charge on any atom is 0.336 e. The third-order valence-electron chi connectivity index (χ3n) is 8.28. The first-order valence-electron chi connectivity index (χ1n) is 15.1. The van der Waals surface area contributed by atoms with Crippen LogP contribution in [0, 0.1) is 11.5 Å². The van der Waals surface area contributed by atoms with E-state index in [0.29, 0.717) is 52.2 Å². The molecule has 11 heteroatoms. The summed E-state index contributed by atoms with van der Waals surface area (Å²) in [4.78, 5) is 32.8. The topological polar surface area (TPSA) is 137 Å². The smallest absolute Gasteiger partial charge is 0.336 e. The molecular weight excluding hydrogens is 572 g/mol. The molecule has 0 spiro atoms. The second kappa shape index (κ2) is 15.8. The van der Waals surface area contributed by atoms with Crippen molar-refractivity contribution in [2.75, 3.05) is 52.8 Å². The first kappa shape index (κ1) is 33.1. The van der Waals surface area contributed by atoms with Gasteiger partial charge in [0.15, 0.2) is 6.19 Å². The van der Waals surface area contributed by atoms with E-state index in [1.54, 1.807) is 21.0 Å². The van der Waals surface area contributed by atoms with E-state index < -0.39 is 17.9 Å². The van der Waals surface area contributed by atoms with E-state index >= 15 is 0 Å². The molecule has 0 unspecified atom stereocenters. The monoisotopic (exact) mass is 614 g/mol. The molecular formula is C34H42N6O5. The van der Waals surface area contributed by atoms with Gasteiger partial charge in [0.25, 0.3) is 0 Å². The molecule has 1 saturated heterocycles. The lowest BCUT2D eigenvalue weighted by molar-refractivity contribution is -0.137. The second-order valence-electron chi connectivity index (χ2n) is 11.1. The third kappa shape index (κ3) is 8.22. The highest BCUT2D eigenvalue weighted by Crippen LogP contribution is 2.40. The number of methoxy groups -OCH3 is 3. The number of hydrogen-bond donors (Lipinski definition) is 3. The molecule has 4 rings (SSSR count). The number of carbonyl (C=O) groups is 2. The predicted octanol–water partition coefficient (Wildman–Crippen LogP) is 4.38. The highest BCUT2D eigenvalue weighted by molar-refractivity contribution is 6.00. The van der Waals surface area contributed by atoms with Gasteiger partial charge in [-0.3, -0.25) is 10.3 Å². The number of nitrogens with zero attached hydrogens (tertiary/aromatic N) is 3. The molecule has 2 aliphatic heterocycles. The number of rotatable bonds is 10. The standard InChI is InChI=1S/C34H42N6O5/c1-22-29(32(41)44-4)31(30(23(2)38-22)33(42)45-5)26-10-6-11-27(19-26)39-34(37-21-35)36-15-8-16-40-17-13-24(14-18-40)25-9-7-12-28(20-25)43-3/h6-7,9-12,19-20,24,31,38H,8,13-18H2,1-5H3,(H2,36,37,39). The van der Waals surface area contributed by atoms with Crippen molar-refractivity contribution >= 4 is 23.6 Å². The van der Waals surface area contributed by atoms with Crippen LogP contribution in [0.1, 0.15) is 56.1 Å². The summed E-state index contributed by atoms with van der Waals surface area (Å²) in [6.45, 7) is 7.04. The number of anilines is 1. The number of nitrogens with one attached hydrogen (secondary N) is 3. The van der Waals surface area contributed by atoms with E-state index in [0.717, 1.165) is 44.6 Å². The van der Waals surface area contributed by atoms with Gasteiger partial charge in [-0.25, -0.2) is 9.59 Å². The van der Waals surface area contributed by atoms with Crippen LogP contribution in [0.15, 0.2) is 76.1 Å². The van der Waals surface area contributed by atoms with E-state index in [1.165, 1.54) is 19.8 Å². The Hall–Kier alpha value is -4.82. The highest BCUT2D eigenvalue weighted by atomic mass is 16.5. The summed E-state index contributed by atoms with van der Waals surface area (Å²) in [7, 11) is 4.31. The summed E-state index contributed by atoms with van der Waals surface area (Å²) in [6.07, 6.45) is 5.00. The van der Waals surface area contributed by atoms with Crippen molar-refractivity contribution in [2.45, 2.75) is 44.9 Å². The number of piperidine rings is 1. The number of benzene rings is 2. The maximum atomic E-state index is 12.9. The van der Waals surface area contributed by atoms with Crippen LogP contribution in [0.5, 0.6) is 5.75 Å². The number of carbonyl (C=O) groups excluding carboxylic acids is 2. The van der Waals surface area contributed by atoms with Crippen molar-refractivity contribution in [3.05, 3.63) is 82.2 Å². The minimum absolute atomic E-state index is 0.316. The molecule has 0 saturated carbocycles. The van der Waals surface area contributed by atoms with E-state index in [4.69, 9.17) is 14.2 Å². The van der Waals surface area contributed by atoms with Gasteiger partial charge in [0.05, 0.1) is 38.4 Å². The SMILES string of the molecule is COC(=O)C1=C(C)NC(C)=C(C(=O)OC)C1c1cccc(NC(=NCCCN2CCC(c3cccc(OC)c3)CC2)NC#N)c1. The molecule has 0 radical (unpaired) electrons. The lowest BCUT2D eigenvalue weighted by Crippen LogP contribution is -2.34. The maximum absolute atomic E-state index is 12.9. The van der Waals surface area contributed by atoms with Crippen LogP contribution in [-0.2, 0) is 19.1 Å². The van der Waals surface area contributed by atoms with Gasteiger partial charge in [0.2, 0.25) is 5.96 Å². The molecule has 0 aromatic heterocycles. The number of dihydropyridines is 1. The molecule has 0 amide bonds. The summed E-state index contributed by atoms with van der Waals surface area (Å²) in [5.74, 6) is -0.0547. The zero-order valence-electron chi connectivity index (χ0n) is 26.6. The molecule has 11 nitrogen and oxygen atoms in total. The number of nitriles is 1. The second-order valence-corrected chi connectivity index (χ2v) is 11.1. The van der Waals surface area contributed by atoms with Crippen LogP contribution in [-0.4, -0.2) is 70.3 Å². The summed E-state index contributed by atoms with van der Waals surface area (Å²) in [5, 5.41) is 18.3. The van der Waals surface area contributed by atoms with Crippen LogP contribution in [0.2, 0.25) is 0 Å².